The highest BCUT2D eigenvalue weighted by molar-refractivity contribution is 7.89. The van der Waals surface area contributed by atoms with E-state index in [0.717, 1.165) is 0 Å². The second-order valence-electron chi connectivity index (χ2n) is 6.70. The van der Waals surface area contributed by atoms with Crippen molar-refractivity contribution >= 4 is 27.5 Å². The van der Waals surface area contributed by atoms with Crippen LogP contribution in [0.5, 0.6) is 5.75 Å². The molecule has 31 heavy (non-hydrogen) atoms. The van der Waals surface area contributed by atoms with Crippen molar-refractivity contribution in [1.82, 2.24) is 9.62 Å². The number of sulfonamides is 1. The lowest BCUT2D eigenvalue weighted by atomic mass is 10.2. The third-order valence-electron chi connectivity index (χ3n) is 4.58. The number of ether oxygens (including phenoxy) is 2. The number of rotatable bonds is 8. The number of anilines is 1. The van der Waals surface area contributed by atoms with Crippen molar-refractivity contribution in [3.05, 3.63) is 54.1 Å². The second-order valence-corrected chi connectivity index (χ2v) is 8.61. The van der Waals surface area contributed by atoms with Crippen LogP contribution in [0.4, 0.5) is 5.69 Å². The Labute approximate surface area is 181 Å². The summed E-state index contributed by atoms with van der Waals surface area (Å²) >= 11 is 0. The minimum atomic E-state index is -3.85. The minimum Gasteiger partial charge on any atom is -0.494 e. The molecule has 0 unspecified atom stereocenters. The molecule has 1 aliphatic heterocycles. The van der Waals surface area contributed by atoms with Crippen molar-refractivity contribution in [3.63, 3.8) is 0 Å². The van der Waals surface area contributed by atoms with Crippen molar-refractivity contribution in [2.45, 2.75) is 11.8 Å². The van der Waals surface area contributed by atoms with Gasteiger partial charge in [-0.1, -0.05) is 12.1 Å². The summed E-state index contributed by atoms with van der Waals surface area (Å²) in [6, 6.07) is 12.8. The lowest BCUT2D eigenvalue weighted by Gasteiger charge is -2.26. The fourth-order valence-electron chi connectivity index (χ4n) is 3.07. The molecule has 0 atom stereocenters. The Balaban J connectivity index is 1.63. The molecule has 2 aromatic rings. The molecule has 2 amide bonds. The highest BCUT2D eigenvalue weighted by Gasteiger charge is 2.30. The Morgan fingerprint density at radius 3 is 2.42 bits per heavy atom. The zero-order chi connectivity index (χ0) is 22.3. The van der Waals surface area contributed by atoms with Gasteiger partial charge in [0.15, 0.2) is 0 Å². The Bertz CT molecular complexity index is 1020. The van der Waals surface area contributed by atoms with Crippen molar-refractivity contribution in [1.29, 1.82) is 0 Å². The topological polar surface area (TPSA) is 114 Å². The van der Waals surface area contributed by atoms with Crippen molar-refractivity contribution in [2.24, 2.45) is 0 Å². The minimum absolute atomic E-state index is 0.0112. The van der Waals surface area contributed by atoms with Gasteiger partial charge >= 0.3 is 0 Å². The average molecular weight is 448 g/mol. The van der Waals surface area contributed by atoms with Crippen LogP contribution in [-0.2, 0) is 19.6 Å². The molecular formula is C21H25N3O6S. The van der Waals surface area contributed by atoms with E-state index in [2.05, 4.69) is 10.6 Å². The summed E-state index contributed by atoms with van der Waals surface area (Å²) in [6.07, 6.45) is 0. The first kappa shape index (κ1) is 22.7. The van der Waals surface area contributed by atoms with Crippen LogP contribution in [0.1, 0.15) is 17.3 Å². The Kier molecular flexibility index (Phi) is 7.61. The molecule has 0 aromatic heterocycles. The predicted octanol–water partition coefficient (Wildman–Crippen LogP) is 1.47. The number of hydrogen-bond acceptors (Lipinski definition) is 6. The SMILES string of the molecule is CCOc1ccc(NC(=O)CNC(=O)c2ccccc2S(=O)(=O)N2CCOCC2)cc1. The summed E-state index contributed by atoms with van der Waals surface area (Å²) in [5, 5.41) is 5.15. The van der Waals surface area contributed by atoms with E-state index in [1.54, 1.807) is 36.4 Å². The van der Waals surface area contributed by atoms with Gasteiger partial charge in [0.2, 0.25) is 15.9 Å². The smallest absolute Gasteiger partial charge is 0.253 e. The highest BCUT2D eigenvalue weighted by atomic mass is 32.2. The number of nitrogens with one attached hydrogen (secondary N) is 2. The van der Waals surface area contributed by atoms with Crippen LogP contribution >= 0.6 is 0 Å². The fraction of sp³-hybridized carbons (Fsp3) is 0.333. The number of amides is 2. The van der Waals surface area contributed by atoms with Crippen LogP contribution < -0.4 is 15.4 Å². The number of nitrogens with zero attached hydrogens (tertiary/aromatic N) is 1. The molecule has 166 valence electrons. The van der Waals surface area contributed by atoms with Gasteiger partial charge in [-0.3, -0.25) is 9.59 Å². The van der Waals surface area contributed by atoms with Crippen LogP contribution in [0.15, 0.2) is 53.4 Å². The van der Waals surface area contributed by atoms with Gasteiger partial charge in [0.05, 0.1) is 36.8 Å². The first-order valence-electron chi connectivity index (χ1n) is 9.89. The van der Waals surface area contributed by atoms with Crippen LogP contribution in [-0.4, -0.2) is 64.0 Å². The maximum Gasteiger partial charge on any atom is 0.253 e. The normalized spacial score (nSPS) is 14.6. The summed E-state index contributed by atoms with van der Waals surface area (Å²) in [4.78, 5) is 24.7. The number of hydrogen-bond donors (Lipinski definition) is 2. The summed E-state index contributed by atoms with van der Waals surface area (Å²) in [7, 11) is -3.85. The van der Waals surface area contributed by atoms with Gasteiger partial charge in [0, 0.05) is 18.8 Å². The van der Waals surface area contributed by atoms with E-state index < -0.39 is 21.8 Å². The van der Waals surface area contributed by atoms with E-state index in [0.29, 0.717) is 31.3 Å². The number of benzene rings is 2. The van der Waals surface area contributed by atoms with Crippen molar-refractivity contribution in [3.8, 4) is 5.75 Å². The molecule has 1 fully saturated rings. The molecule has 1 heterocycles. The molecule has 1 aliphatic rings. The van der Waals surface area contributed by atoms with Gasteiger partial charge in [0.25, 0.3) is 5.91 Å². The standard InChI is InChI=1S/C21H25N3O6S/c1-2-30-17-9-7-16(8-10-17)23-20(25)15-22-21(26)18-5-3-4-6-19(18)31(27,28)24-11-13-29-14-12-24/h3-10H,2,11-15H2,1H3,(H,22,26)(H,23,25). The van der Waals surface area contributed by atoms with Gasteiger partial charge in [-0.05, 0) is 43.3 Å². The molecule has 0 bridgehead atoms. The molecule has 2 aromatic carbocycles. The molecule has 0 spiro atoms. The van der Waals surface area contributed by atoms with Crippen molar-refractivity contribution < 1.29 is 27.5 Å². The number of carbonyl (C=O) groups is 2. The van der Waals surface area contributed by atoms with E-state index in [4.69, 9.17) is 9.47 Å². The lowest BCUT2D eigenvalue weighted by molar-refractivity contribution is -0.115. The monoisotopic (exact) mass is 447 g/mol. The van der Waals surface area contributed by atoms with Gasteiger partial charge in [-0.15, -0.1) is 0 Å². The quantitative estimate of drug-likeness (QED) is 0.634. The predicted molar refractivity (Wildman–Crippen MR) is 115 cm³/mol. The molecular weight excluding hydrogens is 422 g/mol. The fourth-order valence-corrected chi connectivity index (χ4v) is 4.66. The van der Waals surface area contributed by atoms with Gasteiger partial charge in [-0.2, -0.15) is 4.31 Å². The van der Waals surface area contributed by atoms with Gasteiger partial charge < -0.3 is 20.1 Å². The maximum atomic E-state index is 13.0. The van der Waals surface area contributed by atoms with E-state index in [-0.39, 0.29) is 30.1 Å². The van der Waals surface area contributed by atoms with Crippen LogP contribution in [0.3, 0.4) is 0 Å². The first-order valence-corrected chi connectivity index (χ1v) is 11.3. The maximum absolute atomic E-state index is 13.0. The molecule has 0 saturated carbocycles. The largest absolute Gasteiger partial charge is 0.494 e. The molecule has 2 N–H and O–H groups in total. The summed E-state index contributed by atoms with van der Waals surface area (Å²) in [5.74, 6) is -0.396. The molecule has 9 nitrogen and oxygen atoms in total. The van der Waals surface area contributed by atoms with Crippen LogP contribution in [0.25, 0.3) is 0 Å². The van der Waals surface area contributed by atoms with Gasteiger partial charge in [0.1, 0.15) is 5.75 Å². The summed E-state index contributed by atoms with van der Waals surface area (Å²) < 4.78 is 37.8. The third-order valence-corrected chi connectivity index (χ3v) is 6.53. The van der Waals surface area contributed by atoms with E-state index >= 15 is 0 Å². The second kappa shape index (κ2) is 10.4. The molecule has 10 heteroatoms. The number of morpholine rings is 1. The Morgan fingerprint density at radius 2 is 1.74 bits per heavy atom. The lowest BCUT2D eigenvalue weighted by Crippen LogP contribution is -2.41. The Morgan fingerprint density at radius 1 is 1.06 bits per heavy atom. The molecule has 0 radical (unpaired) electrons. The van der Waals surface area contributed by atoms with Crippen LogP contribution in [0, 0.1) is 0 Å². The van der Waals surface area contributed by atoms with E-state index in [1.165, 1.54) is 16.4 Å². The van der Waals surface area contributed by atoms with Gasteiger partial charge in [-0.25, -0.2) is 8.42 Å². The zero-order valence-electron chi connectivity index (χ0n) is 17.2. The van der Waals surface area contributed by atoms with Crippen LogP contribution in [0.2, 0.25) is 0 Å². The zero-order valence-corrected chi connectivity index (χ0v) is 18.0. The van der Waals surface area contributed by atoms with E-state index in [1.807, 2.05) is 6.92 Å². The molecule has 1 saturated heterocycles. The summed E-state index contributed by atoms with van der Waals surface area (Å²) in [5.41, 5.74) is 0.542. The third kappa shape index (κ3) is 5.81. The summed E-state index contributed by atoms with van der Waals surface area (Å²) in [6.45, 7) is 3.17. The molecule has 3 rings (SSSR count). The van der Waals surface area contributed by atoms with Crippen molar-refractivity contribution in [2.75, 3.05) is 44.8 Å². The number of carbonyl (C=O) groups excluding carboxylic acids is 2. The molecule has 0 aliphatic carbocycles. The first-order chi connectivity index (χ1) is 14.9. The van der Waals surface area contributed by atoms with E-state index in [9.17, 15) is 18.0 Å². The Hall–Kier alpha value is -2.95. The average Bonchev–Trinajstić information content (AvgIpc) is 2.79. The highest BCUT2D eigenvalue weighted by Crippen LogP contribution is 2.21.